The summed E-state index contributed by atoms with van der Waals surface area (Å²) >= 11 is 0. The molecule has 0 radical (unpaired) electrons. The number of aryl methyl sites for hydroxylation is 1. The molecule has 0 spiro atoms. The first kappa shape index (κ1) is 13.3. The molecule has 0 aromatic carbocycles. The van der Waals surface area contributed by atoms with E-state index in [1.54, 1.807) is 0 Å². The number of hydrogen-bond acceptors (Lipinski definition) is 4. The minimum atomic E-state index is -0.541. The number of carbonyl (C=O) groups is 1. The van der Waals surface area contributed by atoms with Gasteiger partial charge in [0, 0.05) is 17.5 Å². The van der Waals surface area contributed by atoms with Crippen molar-refractivity contribution in [2.24, 2.45) is 5.41 Å². The lowest BCUT2D eigenvalue weighted by Crippen LogP contribution is -2.50. The van der Waals surface area contributed by atoms with Gasteiger partial charge in [0.05, 0.1) is 11.3 Å². The minimum absolute atomic E-state index is 0.0823. The van der Waals surface area contributed by atoms with Crippen molar-refractivity contribution in [2.75, 3.05) is 6.54 Å². The quantitative estimate of drug-likeness (QED) is 0.889. The fourth-order valence-corrected chi connectivity index (χ4v) is 3.90. The van der Waals surface area contributed by atoms with E-state index in [1.165, 1.54) is 0 Å². The second-order valence-electron chi connectivity index (χ2n) is 6.99. The van der Waals surface area contributed by atoms with Gasteiger partial charge in [0.2, 0.25) is 5.76 Å². The predicted molar refractivity (Wildman–Crippen MR) is 75.9 cm³/mol. The summed E-state index contributed by atoms with van der Waals surface area (Å²) in [6, 6.07) is 0. The fourth-order valence-electron chi connectivity index (χ4n) is 3.90. The summed E-state index contributed by atoms with van der Waals surface area (Å²) < 4.78 is 5.27. The molecule has 0 atom stereocenters. The second kappa shape index (κ2) is 4.57. The van der Waals surface area contributed by atoms with Gasteiger partial charge in [0.15, 0.2) is 0 Å². The average molecular weight is 290 g/mol. The third-order valence-electron chi connectivity index (χ3n) is 5.77. The molecule has 114 valence electrons. The van der Waals surface area contributed by atoms with Crippen LogP contribution < -0.4 is 5.32 Å². The lowest BCUT2D eigenvalue weighted by Gasteiger charge is -2.44. The number of nitrogens with one attached hydrogen (secondary N) is 1. The van der Waals surface area contributed by atoms with Crippen LogP contribution in [0.4, 0.5) is 0 Å². The van der Waals surface area contributed by atoms with Gasteiger partial charge in [-0.2, -0.15) is 0 Å². The highest BCUT2D eigenvalue weighted by Gasteiger charge is 2.60. The Bertz CT molecular complexity index is 570. The molecule has 1 heterocycles. The lowest BCUT2D eigenvalue weighted by molar-refractivity contribution is -0.0948. The Labute approximate surface area is 124 Å². The molecule has 5 nitrogen and oxygen atoms in total. The normalized spacial score (nSPS) is 24.8. The average Bonchev–Trinajstić information content (AvgIpc) is 3.14. The third-order valence-corrected chi connectivity index (χ3v) is 5.77. The number of fused-ring (bicyclic) bond motifs is 1. The Morgan fingerprint density at radius 1 is 1.19 bits per heavy atom. The van der Waals surface area contributed by atoms with Crippen LogP contribution >= 0.6 is 0 Å². The van der Waals surface area contributed by atoms with E-state index in [-0.39, 0.29) is 11.3 Å². The van der Waals surface area contributed by atoms with E-state index in [9.17, 15) is 9.90 Å². The van der Waals surface area contributed by atoms with Crippen molar-refractivity contribution in [1.29, 1.82) is 0 Å². The summed E-state index contributed by atoms with van der Waals surface area (Å²) in [4.78, 5) is 12.4. The van der Waals surface area contributed by atoms with Gasteiger partial charge < -0.3 is 14.9 Å². The van der Waals surface area contributed by atoms with Crippen LogP contribution in [0.25, 0.3) is 0 Å². The standard InChI is InChI=1S/C16H22N2O3/c19-14(13-11-4-1-2-5-12(11)18-21-13)17-10-15(8-9-15)16(20)6-3-7-16/h20H,1-10H2,(H,17,19). The maximum atomic E-state index is 12.4. The van der Waals surface area contributed by atoms with E-state index in [4.69, 9.17) is 4.52 Å². The van der Waals surface area contributed by atoms with Crippen molar-refractivity contribution in [1.82, 2.24) is 10.5 Å². The molecule has 2 saturated carbocycles. The van der Waals surface area contributed by atoms with Gasteiger partial charge in [-0.1, -0.05) is 5.16 Å². The minimum Gasteiger partial charge on any atom is -0.389 e. The maximum absolute atomic E-state index is 12.4. The maximum Gasteiger partial charge on any atom is 0.290 e. The summed E-state index contributed by atoms with van der Waals surface area (Å²) in [5.41, 5.74) is 1.32. The molecule has 0 bridgehead atoms. The Balaban J connectivity index is 1.44. The number of aliphatic hydroxyl groups is 1. The van der Waals surface area contributed by atoms with Crippen LogP contribution in [0.3, 0.4) is 0 Å². The van der Waals surface area contributed by atoms with Gasteiger partial charge in [-0.05, 0) is 57.8 Å². The molecule has 3 aliphatic carbocycles. The molecule has 2 fully saturated rings. The Morgan fingerprint density at radius 2 is 1.95 bits per heavy atom. The first-order chi connectivity index (χ1) is 10.1. The highest BCUT2D eigenvalue weighted by Crippen LogP contribution is 2.60. The van der Waals surface area contributed by atoms with Crippen LogP contribution in [0.5, 0.6) is 0 Å². The van der Waals surface area contributed by atoms with Gasteiger partial charge in [0.1, 0.15) is 0 Å². The summed E-state index contributed by atoms with van der Waals surface area (Å²) in [7, 11) is 0. The number of rotatable bonds is 4. The first-order valence-corrected chi connectivity index (χ1v) is 8.12. The molecule has 3 aliphatic rings. The fraction of sp³-hybridized carbons (Fsp3) is 0.750. The van der Waals surface area contributed by atoms with Gasteiger partial charge in [-0.3, -0.25) is 4.79 Å². The van der Waals surface area contributed by atoms with Crippen molar-refractivity contribution in [3.05, 3.63) is 17.0 Å². The molecule has 0 unspecified atom stereocenters. The highest BCUT2D eigenvalue weighted by molar-refractivity contribution is 5.93. The predicted octanol–water partition coefficient (Wildman–Crippen LogP) is 1.98. The van der Waals surface area contributed by atoms with Gasteiger partial charge in [-0.25, -0.2) is 0 Å². The van der Waals surface area contributed by atoms with Crippen LogP contribution in [0.15, 0.2) is 4.52 Å². The molecule has 5 heteroatoms. The molecule has 1 aromatic heterocycles. The summed E-state index contributed by atoms with van der Waals surface area (Å²) in [6.07, 6.45) is 8.89. The highest BCUT2D eigenvalue weighted by atomic mass is 16.5. The molecule has 2 N–H and O–H groups in total. The molecular formula is C16H22N2O3. The van der Waals surface area contributed by atoms with Crippen LogP contribution in [0.2, 0.25) is 0 Å². The number of nitrogens with zero attached hydrogens (tertiary/aromatic N) is 1. The Kier molecular flexibility index (Phi) is 2.89. The molecule has 0 saturated heterocycles. The zero-order chi connectivity index (χ0) is 14.5. The van der Waals surface area contributed by atoms with Crippen molar-refractivity contribution < 1.29 is 14.4 Å². The summed E-state index contributed by atoms with van der Waals surface area (Å²) in [6.45, 7) is 0.553. The Hall–Kier alpha value is -1.36. The van der Waals surface area contributed by atoms with E-state index in [0.29, 0.717) is 12.3 Å². The molecular weight excluding hydrogens is 268 g/mol. The van der Waals surface area contributed by atoms with E-state index in [0.717, 1.165) is 69.0 Å². The molecule has 0 aliphatic heterocycles. The molecule has 1 aromatic rings. The summed E-state index contributed by atoms with van der Waals surface area (Å²) in [5, 5.41) is 17.6. The summed E-state index contributed by atoms with van der Waals surface area (Å²) in [5.74, 6) is 0.223. The molecule has 21 heavy (non-hydrogen) atoms. The van der Waals surface area contributed by atoms with E-state index in [2.05, 4.69) is 10.5 Å². The lowest BCUT2D eigenvalue weighted by atomic mass is 9.69. The Morgan fingerprint density at radius 3 is 2.62 bits per heavy atom. The van der Waals surface area contributed by atoms with Gasteiger partial charge in [-0.15, -0.1) is 0 Å². The largest absolute Gasteiger partial charge is 0.389 e. The molecule has 4 rings (SSSR count). The van der Waals surface area contributed by atoms with Crippen molar-refractivity contribution in [2.45, 2.75) is 63.4 Å². The topological polar surface area (TPSA) is 75.4 Å². The van der Waals surface area contributed by atoms with Crippen molar-refractivity contribution in [3.63, 3.8) is 0 Å². The third kappa shape index (κ3) is 2.01. The van der Waals surface area contributed by atoms with Crippen LogP contribution in [-0.4, -0.2) is 28.3 Å². The second-order valence-corrected chi connectivity index (χ2v) is 6.99. The smallest absolute Gasteiger partial charge is 0.290 e. The van der Waals surface area contributed by atoms with E-state index < -0.39 is 5.60 Å². The number of aromatic nitrogens is 1. The number of carbonyl (C=O) groups excluding carboxylic acids is 1. The zero-order valence-electron chi connectivity index (χ0n) is 12.3. The first-order valence-electron chi connectivity index (χ1n) is 8.12. The SMILES string of the molecule is O=C(NCC1(C2(O)CCC2)CC1)c1onc2c1CCCC2. The van der Waals surface area contributed by atoms with Crippen LogP contribution in [0.1, 0.15) is 66.8 Å². The monoisotopic (exact) mass is 290 g/mol. The van der Waals surface area contributed by atoms with Crippen LogP contribution in [-0.2, 0) is 12.8 Å². The van der Waals surface area contributed by atoms with Crippen LogP contribution in [0, 0.1) is 5.41 Å². The zero-order valence-corrected chi connectivity index (χ0v) is 12.3. The number of amides is 1. The van der Waals surface area contributed by atoms with E-state index in [1.807, 2.05) is 0 Å². The van der Waals surface area contributed by atoms with Gasteiger partial charge in [0.25, 0.3) is 5.91 Å². The van der Waals surface area contributed by atoms with Gasteiger partial charge >= 0.3 is 0 Å². The van der Waals surface area contributed by atoms with E-state index >= 15 is 0 Å². The number of hydrogen-bond donors (Lipinski definition) is 2. The van der Waals surface area contributed by atoms with Crippen molar-refractivity contribution in [3.8, 4) is 0 Å². The molecule has 1 amide bonds. The van der Waals surface area contributed by atoms with Crippen molar-refractivity contribution >= 4 is 5.91 Å².